The lowest BCUT2D eigenvalue weighted by atomic mass is 10.1. The molecule has 0 fully saturated rings. The second-order valence-corrected chi connectivity index (χ2v) is 4.67. The largest absolute Gasteiger partial charge is 0.479 e. The summed E-state index contributed by atoms with van der Waals surface area (Å²) in [5.41, 5.74) is -1.94. The molecule has 0 aromatic carbocycles. The maximum absolute atomic E-state index is 11.3. The molecule has 0 saturated heterocycles. The van der Waals surface area contributed by atoms with E-state index in [1.54, 1.807) is 11.8 Å². The van der Waals surface area contributed by atoms with Crippen molar-refractivity contribution in [2.75, 3.05) is 18.6 Å². The molecule has 0 aliphatic heterocycles. The number of hydrogen-bond acceptors (Lipinski definition) is 4. The minimum atomic E-state index is -1.94. The number of amides is 2. The first-order valence-corrected chi connectivity index (χ1v) is 6.18. The Labute approximate surface area is 98.8 Å². The van der Waals surface area contributed by atoms with E-state index in [4.69, 9.17) is 5.11 Å². The van der Waals surface area contributed by atoms with E-state index < -0.39 is 17.6 Å². The van der Waals surface area contributed by atoms with Crippen molar-refractivity contribution in [2.45, 2.75) is 25.5 Å². The third-order valence-electron chi connectivity index (χ3n) is 1.85. The van der Waals surface area contributed by atoms with E-state index >= 15 is 0 Å². The maximum atomic E-state index is 11.3. The molecule has 6 nitrogen and oxygen atoms in total. The maximum Gasteiger partial charge on any atom is 0.337 e. The smallest absolute Gasteiger partial charge is 0.337 e. The van der Waals surface area contributed by atoms with Crippen molar-refractivity contribution in [1.29, 1.82) is 0 Å². The van der Waals surface area contributed by atoms with E-state index in [1.807, 2.05) is 13.2 Å². The number of thioether (sulfide) groups is 1. The van der Waals surface area contributed by atoms with Crippen molar-refractivity contribution in [1.82, 2.24) is 10.6 Å². The highest BCUT2D eigenvalue weighted by Gasteiger charge is 2.30. The molecule has 94 valence electrons. The summed E-state index contributed by atoms with van der Waals surface area (Å²) in [6, 6.07) is -0.493. The molecule has 4 N–H and O–H groups in total. The third kappa shape index (κ3) is 5.82. The Balaban J connectivity index is 3.94. The summed E-state index contributed by atoms with van der Waals surface area (Å²) in [6.45, 7) is 2.63. The fourth-order valence-electron chi connectivity index (χ4n) is 0.894. The number of nitrogens with one attached hydrogen (secondary N) is 2. The van der Waals surface area contributed by atoms with Gasteiger partial charge in [-0.05, 0) is 20.1 Å². The molecule has 0 aromatic rings. The highest BCUT2D eigenvalue weighted by Crippen LogP contribution is 2.00. The number of hydrogen-bond donors (Lipinski definition) is 4. The van der Waals surface area contributed by atoms with E-state index in [1.165, 1.54) is 0 Å². The van der Waals surface area contributed by atoms with E-state index in [9.17, 15) is 14.7 Å². The van der Waals surface area contributed by atoms with Gasteiger partial charge in [-0.15, -0.1) is 0 Å². The number of carbonyl (C=O) groups is 2. The van der Waals surface area contributed by atoms with E-state index in [0.717, 1.165) is 12.7 Å². The van der Waals surface area contributed by atoms with Gasteiger partial charge in [0, 0.05) is 11.8 Å². The molecule has 0 aliphatic rings. The van der Waals surface area contributed by atoms with E-state index in [-0.39, 0.29) is 12.6 Å². The van der Waals surface area contributed by atoms with Gasteiger partial charge in [0.1, 0.15) is 0 Å². The van der Waals surface area contributed by atoms with Crippen molar-refractivity contribution in [2.24, 2.45) is 0 Å². The van der Waals surface area contributed by atoms with Gasteiger partial charge in [-0.2, -0.15) is 11.8 Å². The molecule has 0 heterocycles. The molecule has 0 rings (SSSR count). The molecule has 0 aromatic heterocycles. The summed E-state index contributed by atoms with van der Waals surface area (Å²) in [4.78, 5) is 21.8. The predicted molar refractivity (Wildman–Crippen MR) is 62.6 cm³/mol. The minimum absolute atomic E-state index is 0.00947. The van der Waals surface area contributed by atoms with Crippen molar-refractivity contribution in [3.63, 3.8) is 0 Å². The summed E-state index contributed by atoms with van der Waals surface area (Å²) in [6.07, 6.45) is 1.92. The summed E-state index contributed by atoms with van der Waals surface area (Å²) in [7, 11) is 0. The van der Waals surface area contributed by atoms with Gasteiger partial charge in [0.15, 0.2) is 5.60 Å². The quantitative estimate of drug-likeness (QED) is 0.526. The SMILES string of the molecule is CSCC(C)NC(=O)NCC(C)(O)C(=O)O. The van der Waals surface area contributed by atoms with Crippen LogP contribution in [-0.4, -0.2) is 52.4 Å². The zero-order valence-corrected chi connectivity index (χ0v) is 10.4. The topological polar surface area (TPSA) is 98.7 Å². The van der Waals surface area contributed by atoms with Gasteiger partial charge >= 0.3 is 12.0 Å². The number of urea groups is 1. The molecule has 0 radical (unpaired) electrons. The summed E-state index contributed by atoms with van der Waals surface area (Å²) >= 11 is 1.59. The van der Waals surface area contributed by atoms with Crippen LogP contribution >= 0.6 is 11.8 Å². The highest BCUT2D eigenvalue weighted by atomic mass is 32.2. The van der Waals surface area contributed by atoms with Crippen molar-refractivity contribution in [3.05, 3.63) is 0 Å². The zero-order chi connectivity index (χ0) is 12.8. The van der Waals surface area contributed by atoms with E-state index in [2.05, 4.69) is 10.6 Å². The minimum Gasteiger partial charge on any atom is -0.479 e. The second kappa shape index (κ2) is 6.59. The van der Waals surface area contributed by atoms with Gasteiger partial charge in [-0.3, -0.25) is 0 Å². The van der Waals surface area contributed by atoms with Crippen LogP contribution in [0.2, 0.25) is 0 Å². The molecular weight excluding hydrogens is 232 g/mol. The van der Waals surface area contributed by atoms with Crippen LogP contribution in [0.1, 0.15) is 13.8 Å². The molecule has 2 atom stereocenters. The Kier molecular flexibility index (Phi) is 6.20. The average Bonchev–Trinajstić information content (AvgIpc) is 2.15. The van der Waals surface area contributed by atoms with Gasteiger partial charge in [0.25, 0.3) is 0 Å². The third-order valence-corrected chi connectivity index (χ3v) is 2.68. The van der Waals surface area contributed by atoms with Crippen LogP contribution in [0.3, 0.4) is 0 Å². The standard InChI is InChI=1S/C9H18N2O4S/c1-6(4-16-3)11-8(14)10-5-9(2,15)7(12)13/h6,15H,4-5H2,1-3H3,(H,12,13)(H2,10,11,14). The number of carboxylic acid groups (broad SMARTS) is 1. The average molecular weight is 250 g/mol. The fraction of sp³-hybridized carbons (Fsp3) is 0.778. The number of aliphatic hydroxyl groups is 1. The Morgan fingerprint density at radius 3 is 2.50 bits per heavy atom. The molecule has 7 heteroatoms. The molecule has 0 spiro atoms. The molecule has 0 saturated carbocycles. The van der Waals surface area contributed by atoms with Crippen molar-refractivity contribution < 1.29 is 19.8 Å². The molecule has 0 aliphatic carbocycles. The van der Waals surface area contributed by atoms with Crippen LogP contribution in [0, 0.1) is 0 Å². The first kappa shape index (κ1) is 15.0. The fourth-order valence-corrected chi connectivity index (χ4v) is 1.48. The molecular formula is C9H18N2O4S. The monoisotopic (exact) mass is 250 g/mol. The lowest BCUT2D eigenvalue weighted by molar-refractivity contribution is -0.155. The summed E-state index contributed by atoms with van der Waals surface area (Å²) in [5.74, 6) is -0.604. The van der Waals surface area contributed by atoms with Crippen LogP contribution in [0.15, 0.2) is 0 Å². The summed E-state index contributed by atoms with van der Waals surface area (Å²) in [5, 5.41) is 22.8. The number of carboxylic acids is 1. The van der Waals surface area contributed by atoms with Gasteiger partial charge in [0.2, 0.25) is 0 Å². The Morgan fingerprint density at radius 2 is 2.06 bits per heavy atom. The summed E-state index contributed by atoms with van der Waals surface area (Å²) < 4.78 is 0. The van der Waals surface area contributed by atoms with Crippen molar-refractivity contribution in [3.8, 4) is 0 Å². The van der Waals surface area contributed by atoms with Gasteiger partial charge in [0.05, 0.1) is 6.54 Å². The lowest BCUT2D eigenvalue weighted by Gasteiger charge is -2.19. The van der Waals surface area contributed by atoms with Gasteiger partial charge in [-0.1, -0.05) is 0 Å². The number of rotatable bonds is 6. The second-order valence-electron chi connectivity index (χ2n) is 3.76. The molecule has 0 bridgehead atoms. The lowest BCUT2D eigenvalue weighted by Crippen LogP contribution is -2.50. The molecule has 2 amide bonds. The van der Waals surface area contributed by atoms with Crippen molar-refractivity contribution >= 4 is 23.8 Å². The molecule has 2 unspecified atom stereocenters. The number of aliphatic carboxylic acids is 1. The van der Waals surface area contributed by atoms with Gasteiger partial charge in [-0.25, -0.2) is 9.59 Å². The first-order valence-electron chi connectivity index (χ1n) is 4.78. The predicted octanol–water partition coefficient (Wildman–Crippen LogP) is -0.127. The zero-order valence-electron chi connectivity index (χ0n) is 9.61. The van der Waals surface area contributed by atoms with Crippen LogP contribution in [0.5, 0.6) is 0 Å². The van der Waals surface area contributed by atoms with Crippen LogP contribution in [0.25, 0.3) is 0 Å². The normalized spacial score (nSPS) is 16.0. The Morgan fingerprint density at radius 1 is 1.50 bits per heavy atom. The first-order chi connectivity index (χ1) is 7.29. The number of carbonyl (C=O) groups excluding carboxylic acids is 1. The van der Waals surface area contributed by atoms with Crippen LogP contribution < -0.4 is 10.6 Å². The Hall–Kier alpha value is -0.950. The van der Waals surface area contributed by atoms with Gasteiger partial charge < -0.3 is 20.8 Å². The van der Waals surface area contributed by atoms with Crippen LogP contribution in [-0.2, 0) is 4.79 Å². The Bertz CT molecular complexity index is 258. The van der Waals surface area contributed by atoms with Crippen LogP contribution in [0.4, 0.5) is 4.79 Å². The molecule has 16 heavy (non-hydrogen) atoms. The van der Waals surface area contributed by atoms with E-state index in [0.29, 0.717) is 0 Å². The highest BCUT2D eigenvalue weighted by molar-refractivity contribution is 7.98.